The first kappa shape index (κ1) is 10.2. The molecule has 0 saturated heterocycles. The summed E-state index contributed by atoms with van der Waals surface area (Å²) in [5.74, 6) is 0. The normalized spacial score (nSPS) is 13.7. The molecule has 0 radical (unpaired) electrons. The lowest BCUT2D eigenvalue weighted by Crippen LogP contribution is -2.15. The van der Waals surface area contributed by atoms with E-state index in [9.17, 15) is 4.39 Å². The summed E-state index contributed by atoms with van der Waals surface area (Å²) in [5.41, 5.74) is 6.76. The van der Waals surface area contributed by atoms with Gasteiger partial charge in [-0.05, 0) is 26.3 Å². The molecular formula is C9H16FN3. The van der Waals surface area contributed by atoms with Crippen LogP contribution in [0.1, 0.15) is 37.3 Å². The number of aromatic nitrogens is 2. The number of alkyl halides is 1. The van der Waals surface area contributed by atoms with Crippen LogP contribution in [-0.4, -0.2) is 16.3 Å². The second kappa shape index (κ2) is 3.87. The Bertz CT molecular complexity index is 280. The Morgan fingerprint density at radius 3 is 2.69 bits per heavy atom. The Labute approximate surface area is 77.7 Å². The van der Waals surface area contributed by atoms with Gasteiger partial charge in [-0.3, -0.25) is 4.68 Å². The molecule has 0 saturated carbocycles. The van der Waals surface area contributed by atoms with Crippen LogP contribution in [0.5, 0.6) is 0 Å². The minimum Gasteiger partial charge on any atom is -0.327 e. The van der Waals surface area contributed by atoms with Crippen molar-refractivity contribution < 1.29 is 4.39 Å². The third-order valence-corrected chi connectivity index (χ3v) is 2.02. The van der Waals surface area contributed by atoms with Crippen molar-refractivity contribution in [2.45, 2.75) is 33.0 Å². The van der Waals surface area contributed by atoms with E-state index in [1.54, 1.807) is 10.9 Å². The molecule has 1 heterocycles. The maximum absolute atomic E-state index is 13.4. The van der Waals surface area contributed by atoms with Gasteiger partial charge in [0, 0.05) is 12.6 Å². The SMILES string of the molecule is Cc1cnn(C(C)C)c1C(F)CN. The molecule has 3 nitrogen and oxygen atoms in total. The molecule has 74 valence electrons. The summed E-state index contributed by atoms with van der Waals surface area (Å²) >= 11 is 0. The molecule has 0 aliphatic rings. The summed E-state index contributed by atoms with van der Waals surface area (Å²) in [7, 11) is 0. The van der Waals surface area contributed by atoms with Gasteiger partial charge in [0.2, 0.25) is 0 Å². The standard InChI is InChI=1S/C9H16FN3/c1-6(2)13-9(8(10)4-11)7(3)5-12-13/h5-6,8H,4,11H2,1-3H3. The molecular weight excluding hydrogens is 169 g/mol. The molecule has 13 heavy (non-hydrogen) atoms. The van der Waals surface area contributed by atoms with Gasteiger partial charge in [0.15, 0.2) is 6.17 Å². The lowest BCUT2D eigenvalue weighted by molar-refractivity contribution is 0.319. The van der Waals surface area contributed by atoms with Crippen molar-refractivity contribution in [1.29, 1.82) is 0 Å². The van der Waals surface area contributed by atoms with E-state index in [1.807, 2.05) is 20.8 Å². The van der Waals surface area contributed by atoms with Gasteiger partial charge in [0.1, 0.15) is 0 Å². The number of hydrogen-bond acceptors (Lipinski definition) is 2. The van der Waals surface area contributed by atoms with E-state index >= 15 is 0 Å². The Morgan fingerprint density at radius 2 is 2.23 bits per heavy atom. The molecule has 1 unspecified atom stereocenters. The summed E-state index contributed by atoms with van der Waals surface area (Å²) in [4.78, 5) is 0. The minimum atomic E-state index is -1.11. The van der Waals surface area contributed by atoms with Crippen molar-refractivity contribution in [3.8, 4) is 0 Å². The van der Waals surface area contributed by atoms with Crippen LogP contribution in [0, 0.1) is 6.92 Å². The molecule has 1 aromatic heterocycles. The maximum atomic E-state index is 13.4. The highest BCUT2D eigenvalue weighted by Gasteiger charge is 2.18. The second-order valence-electron chi connectivity index (χ2n) is 3.45. The monoisotopic (exact) mass is 185 g/mol. The summed E-state index contributed by atoms with van der Waals surface area (Å²) in [6, 6.07) is 0.175. The molecule has 0 spiro atoms. The van der Waals surface area contributed by atoms with Crippen LogP contribution in [0.4, 0.5) is 4.39 Å². The van der Waals surface area contributed by atoms with E-state index in [0.29, 0.717) is 5.69 Å². The van der Waals surface area contributed by atoms with Gasteiger partial charge in [-0.15, -0.1) is 0 Å². The van der Waals surface area contributed by atoms with Crippen molar-refractivity contribution in [3.63, 3.8) is 0 Å². The van der Waals surface area contributed by atoms with E-state index in [1.165, 1.54) is 0 Å². The van der Waals surface area contributed by atoms with Crippen molar-refractivity contribution in [3.05, 3.63) is 17.5 Å². The Hall–Kier alpha value is -0.900. The van der Waals surface area contributed by atoms with Crippen LogP contribution in [0.3, 0.4) is 0 Å². The number of rotatable bonds is 3. The van der Waals surface area contributed by atoms with Crippen molar-refractivity contribution in [2.75, 3.05) is 6.54 Å². The van der Waals surface area contributed by atoms with E-state index in [-0.39, 0.29) is 12.6 Å². The van der Waals surface area contributed by atoms with Crippen molar-refractivity contribution >= 4 is 0 Å². The van der Waals surface area contributed by atoms with Crippen molar-refractivity contribution in [1.82, 2.24) is 9.78 Å². The summed E-state index contributed by atoms with van der Waals surface area (Å²) in [6.07, 6.45) is 0.572. The number of nitrogens with two attached hydrogens (primary N) is 1. The molecule has 4 heteroatoms. The Kier molecular flexibility index (Phi) is 3.03. The van der Waals surface area contributed by atoms with Crippen LogP contribution >= 0.6 is 0 Å². The third-order valence-electron chi connectivity index (χ3n) is 2.02. The fourth-order valence-electron chi connectivity index (χ4n) is 1.37. The third kappa shape index (κ3) is 1.88. The van der Waals surface area contributed by atoms with Crippen LogP contribution in [0.25, 0.3) is 0 Å². The second-order valence-corrected chi connectivity index (χ2v) is 3.45. The molecule has 0 aromatic carbocycles. The molecule has 0 aliphatic carbocycles. The van der Waals surface area contributed by atoms with Crippen LogP contribution in [-0.2, 0) is 0 Å². The molecule has 0 amide bonds. The quantitative estimate of drug-likeness (QED) is 0.779. The smallest absolute Gasteiger partial charge is 0.154 e. The molecule has 1 rings (SSSR count). The molecule has 0 bridgehead atoms. The first-order valence-electron chi connectivity index (χ1n) is 4.46. The molecule has 0 aliphatic heterocycles. The van der Waals surface area contributed by atoms with E-state index < -0.39 is 6.17 Å². The van der Waals surface area contributed by atoms with E-state index in [4.69, 9.17) is 5.73 Å². The number of nitrogens with zero attached hydrogens (tertiary/aromatic N) is 2. The van der Waals surface area contributed by atoms with Crippen LogP contribution in [0.15, 0.2) is 6.20 Å². The Morgan fingerprint density at radius 1 is 1.62 bits per heavy atom. The predicted octanol–water partition coefficient (Wildman–Crippen LogP) is 1.74. The zero-order chi connectivity index (χ0) is 10.0. The number of halogens is 1. The van der Waals surface area contributed by atoms with Crippen molar-refractivity contribution in [2.24, 2.45) is 5.73 Å². The molecule has 0 fully saturated rings. The van der Waals surface area contributed by atoms with Gasteiger partial charge < -0.3 is 5.73 Å². The first-order valence-corrected chi connectivity index (χ1v) is 4.46. The average molecular weight is 185 g/mol. The highest BCUT2D eigenvalue weighted by molar-refractivity contribution is 5.19. The zero-order valence-electron chi connectivity index (χ0n) is 8.29. The number of aryl methyl sites for hydroxylation is 1. The van der Waals surface area contributed by atoms with E-state index in [0.717, 1.165) is 5.56 Å². The van der Waals surface area contributed by atoms with Gasteiger partial charge >= 0.3 is 0 Å². The van der Waals surface area contributed by atoms with Gasteiger partial charge in [-0.1, -0.05) is 0 Å². The minimum absolute atomic E-state index is 0.0131. The molecule has 1 aromatic rings. The fraction of sp³-hybridized carbons (Fsp3) is 0.667. The summed E-state index contributed by atoms with van der Waals surface area (Å²) in [5, 5.41) is 4.11. The predicted molar refractivity (Wildman–Crippen MR) is 50.3 cm³/mol. The highest BCUT2D eigenvalue weighted by atomic mass is 19.1. The van der Waals surface area contributed by atoms with E-state index in [2.05, 4.69) is 5.10 Å². The fourth-order valence-corrected chi connectivity index (χ4v) is 1.37. The van der Waals surface area contributed by atoms with Gasteiger partial charge in [-0.25, -0.2) is 4.39 Å². The lowest BCUT2D eigenvalue weighted by Gasteiger charge is -2.13. The lowest BCUT2D eigenvalue weighted by atomic mass is 10.2. The zero-order valence-corrected chi connectivity index (χ0v) is 8.29. The number of hydrogen-bond donors (Lipinski definition) is 1. The summed E-state index contributed by atoms with van der Waals surface area (Å²) < 4.78 is 15.1. The molecule has 1 atom stereocenters. The van der Waals surface area contributed by atoms with Crippen LogP contribution in [0.2, 0.25) is 0 Å². The van der Waals surface area contributed by atoms with Gasteiger partial charge in [-0.2, -0.15) is 5.10 Å². The first-order chi connectivity index (χ1) is 6.07. The molecule has 2 N–H and O–H groups in total. The van der Waals surface area contributed by atoms with Crippen LogP contribution < -0.4 is 5.73 Å². The highest BCUT2D eigenvalue weighted by Crippen LogP contribution is 2.22. The maximum Gasteiger partial charge on any atom is 0.154 e. The summed E-state index contributed by atoms with van der Waals surface area (Å²) in [6.45, 7) is 5.81. The van der Waals surface area contributed by atoms with Gasteiger partial charge in [0.25, 0.3) is 0 Å². The largest absolute Gasteiger partial charge is 0.327 e. The Balaban J connectivity index is 3.08. The van der Waals surface area contributed by atoms with Gasteiger partial charge in [0.05, 0.1) is 11.9 Å². The topological polar surface area (TPSA) is 43.8 Å². The average Bonchev–Trinajstić information content (AvgIpc) is 2.46.